The van der Waals surface area contributed by atoms with Crippen LogP contribution < -0.4 is 5.32 Å². The molecular weight excluding hydrogens is 366 g/mol. The van der Waals surface area contributed by atoms with Gasteiger partial charge in [-0.3, -0.25) is 9.35 Å². The van der Waals surface area contributed by atoms with Crippen LogP contribution in [0.25, 0.3) is 0 Å². The van der Waals surface area contributed by atoms with Crippen LogP contribution >= 0.6 is 0 Å². The van der Waals surface area contributed by atoms with Gasteiger partial charge in [0.25, 0.3) is 10.1 Å². The Morgan fingerprint density at radius 3 is 2.15 bits per heavy atom. The Bertz CT molecular complexity index is 615. The summed E-state index contributed by atoms with van der Waals surface area (Å²) in [4.78, 5) is 13.0. The Balaban J connectivity index is 1.37. The van der Waals surface area contributed by atoms with Gasteiger partial charge in [-0.1, -0.05) is 19.3 Å². The van der Waals surface area contributed by atoms with Crippen LogP contribution in [0.5, 0.6) is 0 Å². The molecule has 0 saturated heterocycles. The van der Waals surface area contributed by atoms with Gasteiger partial charge in [0.15, 0.2) is 0 Å². The van der Waals surface area contributed by atoms with Crippen molar-refractivity contribution in [2.24, 2.45) is 29.6 Å². The van der Waals surface area contributed by atoms with Crippen molar-refractivity contribution < 1.29 is 22.5 Å². The zero-order valence-electron chi connectivity index (χ0n) is 16.0. The predicted molar refractivity (Wildman–Crippen MR) is 102 cm³/mol. The molecule has 0 aliphatic heterocycles. The van der Waals surface area contributed by atoms with Gasteiger partial charge in [0.1, 0.15) is 11.9 Å². The summed E-state index contributed by atoms with van der Waals surface area (Å²) in [5.74, 6) is 1.54. The second-order valence-electron chi connectivity index (χ2n) is 9.51. The van der Waals surface area contributed by atoms with Gasteiger partial charge in [0, 0.05) is 12.6 Å². The van der Waals surface area contributed by atoms with E-state index in [0.29, 0.717) is 24.4 Å². The standard InChI is InChI=1S/C20H33NO5S/c22-20(19-15-7-13-6-14(9-15)10-16(19)8-13)26-18(12-27(23,24)25)11-21-17-4-2-1-3-5-17/h13-19,21H,1-12H2,(H,23,24,25). The van der Waals surface area contributed by atoms with Crippen molar-refractivity contribution in [1.82, 2.24) is 5.32 Å². The first kappa shape index (κ1) is 19.6. The van der Waals surface area contributed by atoms with Crippen LogP contribution in [0, 0.1) is 29.6 Å². The Hall–Kier alpha value is -0.660. The van der Waals surface area contributed by atoms with Crippen LogP contribution in [0.15, 0.2) is 0 Å². The summed E-state index contributed by atoms with van der Waals surface area (Å²) in [6.45, 7) is 0.295. The zero-order chi connectivity index (χ0) is 19.0. The van der Waals surface area contributed by atoms with E-state index in [2.05, 4.69) is 5.32 Å². The maximum atomic E-state index is 13.0. The molecule has 27 heavy (non-hydrogen) atoms. The molecule has 7 heteroatoms. The van der Waals surface area contributed by atoms with E-state index in [0.717, 1.165) is 50.4 Å². The van der Waals surface area contributed by atoms with E-state index >= 15 is 0 Å². The van der Waals surface area contributed by atoms with Crippen molar-refractivity contribution in [3.05, 3.63) is 0 Å². The van der Waals surface area contributed by atoms with Gasteiger partial charge in [0.2, 0.25) is 0 Å². The molecule has 154 valence electrons. The lowest BCUT2D eigenvalue weighted by Gasteiger charge is -2.53. The second-order valence-corrected chi connectivity index (χ2v) is 11.0. The Labute approximate surface area is 162 Å². The number of esters is 1. The fourth-order valence-electron chi connectivity index (χ4n) is 6.53. The summed E-state index contributed by atoms with van der Waals surface area (Å²) < 4.78 is 37.9. The lowest BCUT2D eigenvalue weighted by molar-refractivity contribution is -0.166. The highest BCUT2D eigenvalue weighted by Crippen LogP contribution is 2.56. The fraction of sp³-hybridized carbons (Fsp3) is 0.950. The minimum atomic E-state index is -4.19. The molecule has 0 aromatic carbocycles. The Morgan fingerprint density at radius 2 is 1.59 bits per heavy atom. The van der Waals surface area contributed by atoms with E-state index < -0.39 is 22.0 Å². The van der Waals surface area contributed by atoms with Crippen molar-refractivity contribution in [1.29, 1.82) is 0 Å². The van der Waals surface area contributed by atoms with Crippen LogP contribution in [0.4, 0.5) is 0 Å². The molecule has 6 nitrogen and oxygen atoms in total. The Kier molecular flexibility index (Phi) is 5.82. The zero-order valence-corrected chi connectivity index (χ0v) is 16.8. The van der Waals surface area contributed by atoms with E-state index in [1.807, 2.05) is 0 Å². The van der Waals surface area contributed by atoms with Crippen LogP contribution in [0.3, 0.4) is 0 Å². The van der Waals surface area contributed by atoms with Crippen LogP contribution in [-0.2, 0) is 19.6 Å². The number of carbonyl (C=O) groups excluding carboxylic acids is 1. The molecule has 2 N–H and O–H groups in total. The van der Waals surface area contributed by atoms with E-state index in [9.17, 15) is 17.8 Å². The van der Waals surface area contributed by atoms with Crippen molar-refractivity contribution in [2.45, 2.75) is 76.4 Å². The quantitative estimate of drug-likeness (QED) is 0.505. The van der Waals surface area contributed by atoms with Crippen molar-refractivity contribution in [3.8, 4) is 0 Å². The van der Waals surface area contributed by atoms with E-state index in [-0.39, 0.29) is 11.9 Å². The highest BCUT2D eigenvalue weighted by atomic mass is 32.2. The Morgan fingerprint density at radius 1 is 1.00 bits per heavy atom. The highest BCUT2D eigenvalue weighted by Gasteiger charge is 2.51. The predicted octanol–water partition coefficient (Wildman–Crippen LogP) is 2.78. The molecule has 0 radical (unpaired) electrons. The summed E-state index contributed by atoms with van der Waals surface area (Å²) in [6.07, 6.45) is 10.7. The SMILES string of the molecule is O=C(OC(CNC1CCCCC1)CS(=O)(=O)O)C1C2CC3CC(C2)CC1C3. The molecule has 4 bridgehead atoms. The summed E-state index contributed by atoms with van der Waals surface area (Å²) in [7, 11) is -4.19. The topological polar surface area (TPSA) is 92.7 Å². The second kappa shape index (κ2) is 7.99. The number of ether oxygens (including phenoxy) is 1. The van der Waals surface area contributed by atoms with Gasteiger partial charge in [-0.15, -0.1) is 0 Å². The molecule has 5 saturated carbocycles. The molecule has 0 aromatic rings. The lowest BCUT2D eigenvalue weighted by atomic mass is 9.52. The minimum Gasteiger partial charge on any atom is -0.460 e. The number of carbonyl (C=O) groups is 1. The van der Waals surface area contributed by atoms with Gasteiger partial charge in [-0.05, 0) is 68.6 Å². The normalized spacial score (nSPS) is 37.3. The van der Waals surface area contributed by atoms with Crippen LogP contribution in [0.2, 0.25) is 0 Å². The number of hydrogen-bond donors (Lipinski definition) is 2. The summed E-state index contributed by atoms with van der Waals surface area (Å²) in [5.41, 5.74) is 0. The van der Waals surface area contributed by atoms with Crippen molar-refractivity contribution in [2.75, 3.05) is 12.3 Å². The number of nitrogens with one attached hydrogen (secondary N) is 1. The smallest absolute Gasteiger partial charge is 0.309 e. The summed E-state index contributed by atoms with van der Waals surface area (Å²) in [5, 5.41) is 3.36. The van der Waals surface area contributed by atoms with Crippen LogP contribution in [-0.4, -0.2) is 43.4 Å². The molecule has 0 amide bonds. The molecule has 5 fully saturated rings. The third-order valence-electron chi connectivity index (χ3n) is 7.42. The molecular formula is C20H33NO5S. The molecule has 5 aliphatic carbocycles. The molecule has 5 aliphatic rings. The first-order chi connectivity index (χ1) is 12.9. The molecule has 1 atom stereocenters. The number of rotatable bonds is 7. The van der Waals surface area contributed by atoms with E-state index in [4.69, 9.17) is 4.74 Å². The monoisotopic (exact) mass is 399 g/mol. The van der Waals surface area contributed by atoms with Crippen molar-refractivity contribution in [3.63, 3.8) is 0 Å². The first-order valence-corrected chi connectivity index (χ1v) is 12.4. The molecule has 0 aromatic heterocycles. The highest BCUT2D eigenvalue weighted by molar-refractivity contribution is 7.85. The third-order valence-corrected chi connectivity index (χ3v) is 8.21. The van der Waals surface area contributed by atoms with Gasteiger partial charge >= 0.3 is 5.97 Å². The first-order valence-electron chi connectivity index (χ1n) is 10.8. The van der Waals surface area contributed by atoms with E-state index in [1.165, 1.54) is 25.7 Å². The lowest BCUT2D eigenvalue weighted by Crippen LogP contribution is -2.50. The third kappa shape index (κ3) is 4.85. The van der Waals surface area contributed by atoms with Crippen LogP contribution in [0.1, 0.15) is 64.2 Å². The molecule has 5 rings (SSSR count). The van der Waals surface area contributed by atoms with Crippen molar-refractivity contribution >= 4 is 16.1 Å². The van der Waals surface area contributed by atoms with E-state index in [1.54, 1.807) is 0 Å². The molecule has 0 spiro atoms. The number of hydrogen-bond acceptors (Lipinski definition) is 5. The minimum absolute atomic E-state index is 0.0728. The molecule has 0 heterocycles. The van der Waals surface area contributed by atoms with Gasteiger partial charge < -0.3 is 10.1 Å². The maximum Gasteiger partial charge on any atom is 0.309 e. The maximum absolute atomic E-state index is 13.0. The largest absolute Gasteiger partial charge is 0.460 e. The van der Waals surface area contributed by atoms with Gasteiger partial charge in [-0.25, -0.2) is 0 Å². The molecule has 1 unspecified atom stereocenters. The average molecular weight is 400 g/mol. The van der Waals surface area contributed by atoms with Gasteiger partial charge in [-0.2, -0.15) is 8.42 Å². The fourth-order valence-corrected chi connectivity index (χ4v) is 7.18. The summed E-state index contributed by atoms with van der Waals surface area (Å²) >= 11 is 0. The summed E-state index contributed by atoms with van der Waals surface area (Å²) in [6, 6.07) is 0.350. The van der Waals surface area contributed by atoms with Gasteiger partial charge in [0.05, 0.1) is 5.92 Å². The average Bonchev–Trinajstić information content (AvgIpc) is 2.58.